The number of furan rings is 1. The first kappa shape index (κ1) is 17.7. The summed E-state index contributed by atoms with van der Waals surface area (Å²) >= 11 is 0. The second kappa shape index (κ2) is 7.04. The number of likely N-dealkylation sites (N-methyl/N-ethyl adjacent to an activating group) is 1. The fourth-order valence-corrected chi connectivity index (χ4v) is 3.72. The second-order valence-corrected chi connectivity index (χ2v) is 7.26. The van der Waals surface area contributed by atoms with Gasteiger partial charge in [0.05, 0.1) is 12.2 Å². The van der Waals surface area contributed by atoms with Crippen LogP contribution in [0.5, 0.6) is 0 Å². The molecule has 1 fully saturated rings. The lowest BCUT2D eigenvalue weighted by Gasteiger charge is -2.23. The van der Waals surface area contributed by atoms with Crippen molar-refractivity contribution in [1.82, 2.24) is 19.6 Å². The highest BCUT2D eigenvalue weighted by Crippen LogP contribution is 2.25. The number of aromatic nitrogens is 2. The molecule has 1 saturated heterocycles. The van der Waals surface area contributed by atoms with E-state index in [9.17, 15) is 4.79 Å². The van der Waals surface area contributed by atoms with Crippen LogP contribution in [0.25, 0.3) is 0 Å². The number of nitrogens with zero attached hydrogens (tertiary/aromatic N) is 4. The van der Waals surface area contributed by atoms with E-state index in [1.54, 1.807) is 6.07 Å². The Labute approximate surface area is 149 Å². The Kier molecular flexibility index (Phi) is 4.99. The highest BCUT2D eigenvalue weighted by molar-refractivity contribution is 5.91. The van der Waals surface area contributed by atoms with Crippen LogP contribution in [-0.4, -0.2) is 58.7 Å². The summed E-state index contributed by atoms with van der Waals surface area (Å²) in [6.07, 6.45) is 1.08. The molecular formula is C19H28N4O2. The molecule has 6 heteroatoms. The molecule has 0 N–H and O–H groups in total. The number of hydrogen-bond donors (Lipinski definition) is 0. The molecule has 3 rings (SSSR count). The lowest BCUT2D eigenvalue weighted by atomic mass is 10.0. The monoisotopic (exact) mass is 344 g/mol. The van der Waals surface area contributed by atoms with Crippen LogP contribution < -0.4 is 0 Å². The fourth-order valence-electron chi connectivity index (χ4n) is 3.72. The lowest BCUT2D eigenvalue weighted by molar-refractivity contribution is 0.0747. The predicted octanol–water partition coefficient (Wildman–Crippen LogP) is 2.55. The third kappa shape index (κ3) is 3.63. The zero-order valence-electron chi connectivity index (χ0n) is 15.8. The SMILES string of the molecule is CC[C@H]1CN(C(=O)c2ccc(Cn3nc(C)cc3C)o2)C[C@@H]1N(C)C. The van der Waals surface area contributed by atoms with Gasteiger partial charge < -0.3 is 14.2 Å². The first-order chi connectivity index (χ1) is 11.9. The van der Waals surface area contributed by atoms with Crippen molar-refractivity contribution in [1.29, 1.82) is 0 Å². The topological polar surface area (TPSA) is 54.5 Å². The van der Waals surface area contributed by atoms with Gasteiger partial charge in [-0.2, -0.15) is 5.10 Å². The number of amides is 1. The van der Waals surface area contributed by atoms with Gasteiger partial charge in [0.15, 0.2) is 5.76 Å². The van der Waals surface area contributed by atoms with E-state index in [1.807, 2.05) is 35.6 Å². The summed E-state index contributed by atoms with van der Waals surface area (Å²) in [6.45, 7) is 8.29. The quantitative estimate of drug-likeness (QED) is 0.836. The molecule has 136 valence electrons. The molecule has 2 aromatic rings. The maximum atomic E-state index is 12.8. The van der Waals surface area contributed by atoms with E-state index in [-0.39, 0.29) is 5.91 Å². The largest absolute Gasteiger partial charge is 0.454 e. The first-order valence-corrected chi connectivity index (χ1v) is 8.94. The van der Waals surface area contributed by atoms with Crippen LogP contribution in [0.4, 0.5) is 0 Å². The van der Waals surface area contributed by atoms with Crippen LogP contribution in [0.1, 0.15) is 41.0 Å². The zero-order chi connectivity index (χ0) is 18.1. The number of hydrogen-bond acceptors (Lipinski definition) is 4. The van der Waals surface area contributed by atoms with Gasteiger partial charge in [0.25, 0.3) is 5.91 Å². The molecule has 0 aliphatic carbocycles. The Bertz CT molecular complexity index is 746. The average Bonchev–Trinajstić information content (AvgIpc) is 3.26. The molecule has 0 radical (unpaired) electrons. The normalized spacial score (nSPS) is 20.6. The summed E-state index contributed by atoms with van der Waals surface area (Å²) in [4.78, 5) is 16.9. The van der Waals surface area contributed by atoms with Crippen LogP contribution in [0.3, 0.4) is 0 Å². The third-order valence-electron chi connectivity index (χ3n) is 5.16. The minimum Gasteiger partial charge on any atom is -0.454 e. The van der Waals surface area contributed by atoms with Gasteiger partial charge in [-0.15, -0.1) is 0 Å². The van der Waals surface area contributed by atoms with E-state index in [0.29, 0.717) is 24.3 Å². The summed E-state index contributed by atoms with van der Waals surface area (Å²) < 4.78 is 7.72. The maximum Gasteiger partial charge on any atom is 0.289 e. The zero-order valence-corrected chi connectivity index (χ0v) is 15.8. The summed E-state index contributed by atoms with van der Waals surface area (Å²) in [5.41, 5.74) is 2.07. The average molecular weight is 344 g/mol. The van der Waals surface area contributed by atoms with E-state index in [2.05, 4.69) is 31.0 Å². The minimum absolute atomic E-state index is 0.0117. The van der Waals surface area contributed by atoms with Gasteiger partial charge >= 0.3 is 0 Å². The molecule has 1 aliphatic rings. The van der Waals surface area contributed by atoms with E-state index in [0.717, 1.165) is 36.7 Å². The van der Waals surface area contributed by atoms with Crippen LogP contribution >= 0.6 is 0 Å². The van der Waals surface area contributed by atoms with Crippen molar-refractivity contribution in [2.24, 2.45) is 5.92 Å². The van der Waals surface area contributed by atoms with Crippen molar-refractivity contribution in [3.63, 3.8) is 0 Å². The van der Waals surface area contributed by atoms with Gasteiger partial charge in [0.1, 0.15) is 5.76 Å². The highest BCUT2D eigenvalue weighted by atomic mass is 16.4. The van der Waals surface area contributed by atoms with E-state index >= 15 is 0 Å². The van der Waals surface area contributed by atoms with E-state index in [4.69, 9.17) is 4.42 Å². The molecule has 0 saturated carbocycles. The maximum absolute atomic E-state index is 12.8. The van der Waals surface area contributed by atoms with Crippen molar-refractivity contribution in [3.8, 4) is 0 Å². The van der Waals surface area contributed by atoms with Gasteiger partial charge in [-0.3, -0.25) is 9.48 Å². The van der Waals surface area contributed by atoms with Crippen LogP contribution in [-0.2, 0) is 6.54 Å². The van der Waals surface area contributed by atoms with Crippen molar-refractivity contribution in [3.05, 3.63) is 41.1 Å². The Morgan fingerprint density at radius 3 is 2.64 bits per heavy atom. The fraction of sp³-hybridized carbons (Fsp3) is 0.579. The van der Waals surface area contributed by atoms with Crippen molar-refractivity contribution in [2.45, 2.75) is 39.8 Å². The molecule has 3 heterocycles. The summed E-state index contributed by atoms with van der Waals surface area (Å²) in [7, 11) is 4.17. The van der Waals surface area contributed by atoms with Crippen LogP contribution in [0, 0.1) is 19.8 Å². The van der Waals surface area contributed by atoms with Crippen LogP contribution in [0.2, 0.25) is 0 Å². The Morgan fingerprint density at radius 1 is 1.32 bits per heavy atom. The predicted molar refractivity (Wildman–Crippen MR) is 96.7 cm³/mol. The van der Waals surface area contributed by atoms with Gasteiger partial charge in [-0.25, -0.2) is 0 Å². The van der Waals surface area contributed by atoms with Gasteiger partial charge in [-0.05, 0) is 52.1 Å². The molecular weight excluding hydrogens is 316 g/mol. The molecule has 0 spiro atoms. The lowest BCUT2D eigenvalue weighted by Crippen LogP contribution is -2.36. The number of aryl methyl sites for hydroxylation is 2. The smallest absolute Gasteiger partial charge is 0.289 e. The third-order valence-corrected chi connectivity index (χ3v) is 5.16. The molecule has 0 aromatic carbocycles. The van der Waals surface area contributed by atoms with E-state index < -0.39 is 0 Å². The molecule has 0 unspecified atom stereocenters. The summed E-state index contributed by atoms with van der Waals surface area (Å²) in [5, 5.41) is 4.44. The van der Waals surface area contributed by atoms with Gasteiger partial charge in [0.2, 0.25) is 0 Å². The number of likely N-dealkylation sites (tertiary alicyclic amines) is 1. The Morgan fingerprint density at radius 2 is 2.08 bits per heavy atom. The number of rotatable bonds is 5. The Balaban J connectivity index is 1.70. The molecule has 25 heavy (non-hydrogen) atoms. The standard InChI is InChI=1S/C19H28N4O2/c1-6-15-10-22(12-17(15)21(4)5)19(24)18-8-7-16(25-18)11-23-14(3)9-13(2)20-23/h7-9,15,17H,6,10-12H2,1-5H3/t15-,17-/m0/s1. The molecule has 2 atom stereocenters. The van der Waals surface area contributed by atoms with Crippen molar-refractivity contribution >= 4 is 5.91 Å². The molecule has 6 nitrogen and oxygen atoms in total. The second-order valence-electron chi connectivity index (χ2n) is 7.26. The molecule has 1 amide bonds. The highest BCUT2D eigenvalue weighted by Gasteiger charge is 2.36. The minimum atomic E-state index is -0.0117. The van der Waals surface area contributed by atoms with Gasteiger partial charge in [0, 0.05) is 24.8 Å². The van der Waals surface area contributed by atoms with Crippen molar-refractivity contribution in [2.75, 3.05) is 27.2 Å². The molecule has 0 bridgehead atoms. The van der Waals surface area contributed by atoms with Crippen LogP contribution in [0.15, 0.2) is 22.6 Å². The number of carbonyl (C=O) groups is 1. The first-order valence-electron chi connectivity index (χ1n) is 8.94. The summed E-state index contributed by atoms with van der Waals surface area (Å²) in [6, 6.07) is 6.11. The van der Waals surface area contributed by atoms with E-state index in [1.165, 1.54) is 0 Å². The van der Waals surface area contributed by atoms with Crippen molar-refractivity contribution < 1.29 is 9.21 Å². The molecule has 1 aliphatic heterocycles. The number of carbonyl (C=O) groups excluding carboxylic acids is 1. The Hall–Kier alpha value is -2.08. The van der Waals surface area contributed by atoms with Gasteiger partial charge in [-0.1, -0.05) is 13.3 Å². The molecule has 2 aromatic heterocycles. The summed E-state index contributed by atoms with van der Waals surface area (Å²) in [5.74, 6) is 1.68.